The van der Waals surface area contributed by atoms with Crippen LogP contribution in [0, 0.1) is 25.2 Å². The van der Waals surface area contributed by atoms with Gasteiger partial charge in [-0.2, -0.15) is 5.26 Å². The number of carbonyl (C=O) groups is 1. The zero-order valence-corrected chi connectivity index (χ0v) is 15.3. The van der Waals surface area contributed by atoms with Gasteiger partial charge >= 0.3 is 0 Å². The van der Waals surface area contributed by atoms with Gasteiger partial charge in [0.2, 0.25) is 0 Å². The molecule has 2 aromatic carbocycles. The molecular weight excluding hydrogens is 368 g/mol. The molecule has 24 heavy (non-hydrogen) atoms. The van der Waals surface area contributed by atoms with Crippen LogP contribution in [0.15, 0.2) is 46.4 Å². The quantitative estimate of drug-likeness (QED) is 0.617. The number of halogens is 1. The van der Waals surface area contributed by atoms with Crippen molar-refractivity contribution in [2.24, 2.45) is 0 Å². The Bertz CT molecular complexity index is 831. The zero-order valence-electron chi connectivity index (χ0n) is 13.7. The van der Waals surface area contributed by atoms with Gasteiger partial charge in [-0.3, -0.25) is 4.79 Å². The Kier molecular flexibility index (Phi) is 5.78. The number of amides is 1. The van der Waals surface area contributed by atoms with Crippen LogP contribution in [0.1, 0.15) is 16.7 Å². The van der Waals surface area contributed by atoms with E-state index in [1.807, 2.05) is 38.1 Å². The van der Waals surface area contributed by atoms with Crippen LogP contribution in [-0.4, -0.2) is 13.0 Å². The Labute approximate surface area is 149 Å². The predicted octanol–water partition coefficient (Wildman–Crippen LogP) is 4.62. The summed E-state index contributed by atoms with van der Waals surface area (Å²) in [6.45, 7) is 3.91. The summed E-state index contributed by atoms with van der Waals surface area (Å²) in [7, 11) is 1.58. The molecule has 0 heterocycles. The van der Waals surface area contributed by atoms with Gasteiger partial charge in [0.05, 0.1) is 11.6 Å². The number of carbonyl (C=O) groups excluding carboxylic acids is 1. The minimum atomic E-state index is -0.436. The van der Waals surface area contributed by atoms with Gasteiger partial charge in [-0.25, -0.2) is 0 Å². The van der Waals surface area contributed by atoms with Crippen molar-refractivity contribution in [3.05, 3.63) is 63.1 Å². The number of methoxy groups -OCH3 is 1. The first-order chi connectivity index (χ1) is 11.4. The number of nitrogens with one attached hydrogen (secondary N) is 1. The molecule has 0 saturated heterocycles. The highest BCUT2D eigenvalue weighted by Gasteiger charge is 2.10. The van der Waals surface area contributed by atoms with Gasteiger partial charge in [-0.15, -0.1) is 0 Å². The first kappa shape index (κ1) is 17.8. The number of anilines is 1. The fourth-order valence-corrected chi connectivity index (χ4v) is 2.89. The van der Waals surface area contributed by atoms with E-state index in [1.165, 1.54) is 0 Å². The van der Waals surface area contributed by atoms with Gasteiger partial charge in [-0.1, -0.05) is 12.1 Å². The van der Waals surface area contributed by atoms with Crippen LogP contribution in [0.5, 0.6) is 5.75 Å². The van der Waals surface area contributed by atoms with Crippen LogP contribution < -0.4 is 10.1 Å². The molecule has 5 heteroatoms. The van der Waals surface area contributed by atoms with Crippen molar-refractivity contribution in [2.75, 3.05) is 12.4 Å². The van der Waals surface area contributed by atoms with E-state index >= 15 is 0 Å². The van der Waals surface area contributed by atoms with Gasteiger partial charge < -0.3 is 10.1 Å². The Balaban J connectivity index is 2.25. The standard InChI is InChI=1S/C19H17BrN2O2/c1-12-6-13(2)8-16(7-12)22-19(23)15(11-21)9-14-4-5-18(24-3)17(20)10-14/h4-10H,1-3H3,(H,22,23). The largest absolute Gasteiger partial charge is 0.496 e. The highest BCUT2D eigenvalue weighted by molar-refractivity contribution is 9.10. The van der Waals surface area contributed by atoms with E-state index in [1.54, 1.807) is 31.4 Å². The lowest BCUT2D eigenvalue weighted by atomic mass is 10.1. The molecule has 1 N–H and O–H groups in total. The van der Waals surface area contributed by atoms with Crippen LogP contribution in [0.2, 0.25) is 0 Å². The van der Waals surface area contributed by atoms with Crippen LogP contribution in [0.4, 0.5) is 5.69 Å². The van der Waals surface area contributed by atoms with Gasteiger partial charge in [0, 0.05) is 5.69 Å². The summed E-state index contributed by atoms with van der Waals surface area (Å²) in [4.78, 5) is 12.3. The number of hydrogen-bond donors (Lipinski definition) is 1. The van der Waals surface area contributed by atoms with Gasteiger partial charge in [-0.05, 0) is 76.8 Å². The number of ether oxygens (including phenoxy) is 1. The number of hydrogen-bond acceptors (Lipinski definition) is 3. The maximum absolute atomic E-state index is 12.3. The minimum Gasteiger partial charge on any atom is -0.496 e. The molecule has 0 aliphatic carbocycles. The number of rotatable bonds is 4. The third kappa shape index (κ3) is 4.46. The van der Waals surface area contributed by atoms with E-state index in [0.29, 0.717) is 11.4 Å². The van der Waals surface area contributed by atoms with Crippen molar-refractivity contribution >= 4 is 33.6 Å². The van der Waals surface area contributed by atoms with E-state index in [9.17, 15) is 10.1 Å². The van der Waals surface area contributed by atoms with Crippen LogP contribution in [0.25, 0.3) is 6.08 Å². The predicted molar refractivity (Wildman–Crippen MR) is 98.8 cm³/mol. The highest BCUT2D eigenvalue weighted by Crippen LogP contribution is 2.26. The van der Waals surface area contributed by atoms with Crippen molar-refractivity contribution in [1.82, 2.24) is 0 Å². The summed E-state index contributed by atoms with van der Waals surface area (Å²) in [5.74, 6) is 0.250. The second kappa shape index (κ2) is 7.80. The van der Waals surface area contributed by atoms with Gasteiger partial charge in [0.1, 0.15) is 17.4 Å². The molecule has 0 aromatic heterocycles. The van der Waals surface area contributed by atoms with Gasteiger partial charge in [0.25, 0.3) is 5.91 Å². The first-order valence-corrected chi connectivity index (χ1v) is 8.07. The number of aryl methyl sites for hydroxylation is 2. The van der Waals surface area contributed by atoms with E-state index in [2.05, 4.69) is 21.2 Å². The minimum absolute atomic E-state index is 0.0335. The molecule has 0 fully saturated rings. The summed E-state index contributed by atoms with van der Waals surface area (Å²) in [6.07, 6.45) is 1.54. The second-order valence-corrected chi connectivity index (χ2v) is 6.25. The topological polar surface area (TPSA) is 62.1 Å². The molecule has 0 aliphatic heterocycles. The van der Waals surface area contributed by atoms with Crippen molar-refractivity contribution in [2.45, 2.75) is 13.8 Å². The number of nitrogens with zero attached hydrogens (tertiary/aromatic N) is 1. The van der Waals surface area contributed by atoms with E-state index in [0.717, 1.165) is 21.2 Å². The third-order valence-electron chi connectivity index (χ3n) is 3.33. The Morgan fingerprint density at radius 1 is 1.21 bits per heavy atom. The molecule has 122 valence electrons. The monoisotopic (exact) mass is 384 g/mol. The van der Waals surface area contributed by atoms with Crippen molar-refractivity contribution in [3.8, 4) is 11.8 Å². The normalized spacial score (nSPS) is 10.9. The molecule has 4 nitrogen and oxygen atoms in total. The average molecular weight is 385 g/mol. The molecule has 0 atom stereocenters. The van der Waals surface area contributed by atoms with Gasteiger partial charge in [0.15, 0.2) is 0 Å². The van der Waals surface area contributed by atoms with E-state index < -0.39 is 5.91 Å². The molecular formula is C19H17BrN2O2. The molecule has 2 rings (SSSR count). The average Bonchev–Trinajstić information content (AvgIpc) is 2.51. The summed E-state index contributed by atoms with van der Waals surface area (Å²) in [5.41, 5.74) is 3.54. The Hall–Kier alpha value is -2.58. The van der Waals surface area contributed by atoms with Crippen molar-refractivity contribution < 1.29 is 9.53 Å². The molecule has 0 aliphatic rings. The Morgan fingerprint density at radius 3 is 2.42 bits per heavy atom. The zero-order chi connectivity index (χ0) is 17.7. The van der Waals surface area contributed by atoms with E-state index in [-0.39, 0.29) is 5.57 Å². The van der Waals surface area contributed by atoms with Crippen LogP contribution in [0.3, 0.4) is 0 Å². The highest BCUT2D eigenvalue weighted by atomic mass is 79.9. The molecule has 1 amide bonds. The number of benzene rings is 2. The summed E-state index contributed by atoms with van der Waals surface area (Å²) < 4.78 is 5.92. The SMILES string of the molecule is COc1ccc(C=C(C#N)C(=O)Nc2cc(C)cc(C)c2)cc1Br. The fourth-order valence-electron chi connectivity index (χ4n) is 2.33. The summed E-state index contributed by atoms with van der Waals surface area (Å²) >= 11 is 3.39. The van der Waals surface area contributed by atoms with Crippen LogP contribution in [-0.2, 0) is 4.79 Å². The van der Waals surface area contributed by atoms with E-state index in [4.69, 9.17) is 4.74 Å². The molecule has 0 spiro atoms. The smallest absolute Gasteiger partial charge is 0.266 e. The third-order valence-corrected chi connectivity index (χ3v) is 3.95. The maximum Gasteiger partial charge on any atom is 0.266 e. The van der Waals surface area contributed by atoms with Crippen molar-refractivity contribution in [1.29, 1.82) is 5.26 Å². The lowest BCUT2D eigenvalue weighted by Gasteiger charge is -2.07. The Morgan fingerprint density at radius 2 is 1.88 bits per heavy atom. The molecule has 0 unspecified atom stereocenters. The fraction of sp³-hybridized carbons (Fsp3) is 0.158. The molecule has 2 aromatic rings. The summed E-state index contributed by atoms with van der Waals surface area (Å²) in [6, 6.07) is 13.0. The first-order valence-electron chi connectivity index (χ1n) is 7.28. The molecule has 0 bridgehead atoms. The molecule has 0 saturated carbocycles. The number of nitriles is 1. The lowest BCUT2D eigenvalue weighted by Crippen LogP contribution is -2.13. The van der Waals surface area contributed by atoms with Crippen molar-refractivity contribution in [3.63, 3.8) is 0 Å². The second-order valence-electron chi connectivity index (χ2n) is 5.39. The van der Waals surface area contributed by atoms with Crippen LogP contribution >= 0.6 is 15.9 Å². The summed E-state index contributed by atoms with van der Waals surface area (Å²) in [5, 5.41) is 12.1. The molecule has 0 radical (unpaired) electrons. The maximum atomic E-state index is 12.3. The lowest BCUT2D eigenvalue weighted by molar-refractivity contribution is -0.112.